The zero-order valence-corrected chi connectivity index (χ0v) is 17.1. The first-order valence-corrected chi connectivity index (χ1v) is 9.73. The zero-order valence-electron chi connectivity index (χ0n) is 17.1. The monoisotopic (exact) mass is 423 g/mol. The van der Waals surface area contributed by atoms with Gasteiger partial charge in [-0.2, -0.15) is 0 Å². The van der Waals surface area contributed by atoms with Gasteiger partial charge in [0.1, 0.15) is 5.65 Å². The fourth-order valence-corrected chi connectivity index (χ4v) is 3.39. The van der Waals surface area contributed by atoms with Crippen molar-refractivity contribution in [2.75, 3.05) is 31.6 Å². The summed E-state index contributed by atoms with van der Waals surface area (Å²) in [6.45, 7) is 3.86. The first kappa shape index (κ1) is 20.5. The number of aromatic amines is 1. The normalized spacial score (nSPS) is 13.9. The molecule has 31 heavy (non-hydrogen) atoms. The second-order valence-corrected chi connectivity index (χ2v) is 7.30. The summed E-state index contributed by atoms with van der Waals surface area (Å²) < 4.78 is 6.48. The summed E-state index contributed by atoms with van der Waals surface area (Å²) in [5, 5.41) is 2.91. The van der Waals surface area contributed by atoms with E-state index in [1.165, 1.54) is 23.9 Å². The molecule has 3 aromatic rings. The highest BCUT2D eigenvalue weighted by atomic mass is 16.5. The smallest absolute Gasteiger partial charge is 0.329 e. The predicted molar refractivity (Wildman–Crippen MR) is 113 cm³/mol. The third-order valence-corrected chi connectivity index (χ3v) is 5.25. The summed E-state index contributed by atoms with van der Waals surface area (Å²) in [6, 6.07) is 6.51. The molecule has 0 unspecified atom stereocenters. The number of amides is 2. The maximum Gasteiger partial charge on any atom is 0.329 e. The number of hydrogen-bond acceptors (Lipinski definition) is 6. The summed E-state index contributed by atoms with van der Waals surface area (Å²) in [7, 11) is 1.48. The van der Waals surface area contributed by atoms with Crippen LogP contribution in [0.15, 0.2) is 40.1 Å². The molecule has 0 saturated carbocycles. The number of H-pyrrole nitrogens is 1. The van der Waals surface area contributed by atoms with Gasteiger partial charge in [0.15, 0.2) is 0 Å². The molecule has 2 N–H and O–H groups in total. The number of morpholine rings is 1. The quantitative estimate of drug-likeness (QED) is 0.637. The average molecular weight is 423 g/mol. The van der Waals surface area contributed by atoms with Crippen molar-refractivity contribution in [3.8, 4) is 0 Å². The second-order valence-electron chi connectivity index (χ2n) is 7.30. The largest absolute Gasteiger partial charge is 0.378 e. The van der Waals surface area contributed by atoms with Gasteiger partial charge in [0, 0.05) is 37.6 Å². The number of aryl methyl sites for hydroxylation is 2. The highest BCUT2D eigenvalue weighted by molar-refractivity contribution is 6.06. The number of pyridine rings is 1. The highest BCUT2D eigenvalue weighted by Crippen LogP contribution is 2.20. The SMILES string of the molecule is Cc1ccc(C(=O)N2CCOCC2)cc1NC(=O)c1cnc2c(c1)c(=O)[nH]c(=O)n2C. The van der Waals surface area contributed by atoms with Crippen LogP contribution in [-0.2, 0) is 11.8 Å². The molecule has 0 spiro atoms. The van der Waals surface area contributed by atoms with E-state index in [-0.39, 0.29) is 22.5 Å². The van der Waals surface area contributed by atoms with Gasteiger partial charge >= 0.3 is 5.69 Å². The van der Waals surface area contributed by atoms with Crippen LogP contribution in [-0.4, -0.2) is 57.6 Å². The van der Waals surface area contributed by atoms with Crippen molar-refractivity contribution in [3.63, 3.8) is 0 Å². The molecule has 10 nitrogen and oxygen atoms in total. The third kappa shape index (κ3) is 3.97. The minimum absolute atomic E-state index is 0.126. The van der Waals surface area contributed by atoms with Crippen molar-refractivity contribution in [3.05, 3.63) is 68.0 Å². The lowest BCUT2D eigenvalue weighted by Crippen LogP contribution is -2.40. The van der Waals surface area contributed by atoms with Gasteiger partial charge in [-0.3, -0.25) is 23.9 Å². The lowest BCUT2D eigenvalue weighted by atomic mass is 10.1. The van der Waals surface area contributed by atoms with E-state index in [1.807, 2.05) is 6.92 Å². The van der Waals surface area contributed by atoms with Crippen molar-refractivity contribution < 1.29 is 14.3 Å². The third-order valence-electron chi connectivity index (χ3n) is 5.25. The van der Waals surface area contributed by atoms with Crippen molar-refractivity contribution in [2.24, 2.45) is 7.05 Å². The molecule has 0 aliphatic carbocycles. The molecule has 0 atom stereocenters. The van der Waals surface area contributed by atoms with Crippen LogP contribution in [0.25, 0.3) is 11.0 Å². The number of hydrogen-bond donors (Lipinski definition) is 2. The summed E-state index contributed by atoms with van der Waals surface area (Å²) in [4.78, 5) is 57.4. The molecular formula is C21H21N5O5. The minimum Gasteiger partial charge on any atom is -0.378 e. The molecule has 1 fully saturated rings. The van der Waals surface area contributed by atoms with Gasteiger partial charge in [-0.25, -0.2) is 9.78 Å². The Balaban J connectivity index is 1.62. The first-order valence-electron chi connectivity index (χ1n) is 9.73. The molecule has 1 saturated heterocycles. The number of anilines is 1. The predicted octanol–water partition coefficient (Wildman–Crippen LogP) is 0.655. The van der Waals surface area contributed by atoms with Crippen LogP contribution in [0.2, 0.25) is 0 Å². The number of carbonyl (C=O) groups is 2. The summed E-state index contributed by atoms with van der Waals surface area (Å²) >= 11 is 0. The van der Waals surface area contributed by atoms with Gasteiger partial charge in [-0.05, 0) is 30.7 Å². The zero-order chi connectivity index (χ0) is 22.1. The van der Waals surface area contributed by atoms with Gasteiger partial charge in [0.25, 0.3) is 17.4 Å². The number of aromatic nitrogens is 3. The summed E-state index contributed by atoms with van der Waals surface area (Å²) in [5.74, 6) is -0.611. The van der Waals surface area contributed by atoms with Crippen LogP contribution in [0, 0.1) is 6.92 Å². The molecule has 2 amide bonds. The maximum atomic E-state index is 12.8. The number of ether oxygens (including phenoxy) is 1. The Morgan fingerprint density at radius 3 is 2.61 bits per heavy atom. The Hall–Kier alpha value is -3.79. The topological polar surface area (TPSA) is 126 Å². The molecule has 3 heterocycles. The molecule has 1 aliphatic heterocycles. The number of nitrogens with one attached hydrogen (secondary N) is 2. The molecule has 0 bridgehead atoms. The van der Waals surface area contributed by atoms with Gasteiger partial charge < -0.3 is 15.0 Å². The Kier molecular flexibility index (Phi) is 5.38. The number of benzene rings is 1. The first-order chi connectivity index (χ1) is 14.8. The number of carbonyl (C=O) groups excluding carboxylic acids is 2. The Labute approximate surface area is 176 Å². The van der Waals surface area contributed by atoms with E-state index >= 15 is 0 Å². The highest BCUT2D eigenvalue weighted by Gasteiger charge is 2.20. The lowest BCUT2D eigenvalue weighted by Gasteiger charge is -2.27. The maximum absolute atomic E-state index is 12.8. The van der Waals surface area contributed by atoms with Crippen LogP contribution < -0.4 is 16.6 Å². The fraction of sp³-hybridized carbons (Fsp3) is 0.286. The number of fused-ring (bicyclic) bond motifs is 1. The van der Waals surface area contributed by atoms with E-state index in [0.717, 1.165) is 5.56 Å². The van der Waals surface area contributed by atoms with E-state index < -0.39 is 17.2 Å². The van der Waals surface area contributed by atoms with Crippen LogP contribution in [0.1, 0.15) is 26.3 Å². The van der Waals surface area contributed by atoms with Crippen molar-refractivity contribution in [1.82, 2.24) is 19.4 Å². The van der Waals surface area contributed by atoms with Gasteiger partial charge in [0.05, 0.1) is 24.2 Å². The van der Waals surface area contributed by atoms with Crippen molar-refractivity contribution >= 4 is 28.5 Å². The molecule has 4 rings (SSSR count). The van der Waals surface area contributed by atoms with Crippen LogP contribution in [0.3, 0.4) is 0 Å². The minimum atomic E-state index is -0.616. The fourth-order valence-electron chi connectivity index (χ4n) is 3.39. The van der Waals surface area contributed by atoms with Crippen LogP contribution >= 0.6 is 0 Å². The van der Waals surface area contributed by atoms with E-state index in [9.17, 15) is 19.2 Å². The lowest BCUT2D eigenvalue weighted by molar-refractivity contribution is 0.0303. The van der Waals surface area contributed by atoms with Crippen LogP contribution in [0.4, 0.5) is 5.69 Å². The Bertz CT molecular complexity index is 1300. The van der Waals surface area contributed by atoms with E-state index in [1.54, 1.807) is 23.1 Å². The van der Waals surface area contributed by atoms with Gasteiger partial charge in [-0.15, -0.1) is 0 Å². The number of nitrogens with zero attached hydrogens (tertiary/aromatic N) is 3. The second kappa shape index (κ2) is 8.15. The molecule has 160 valence electrons. The van der Waals surface area contributed by atoms with Gasteiger partial charge in [0.2, 0.25) is 0 Å². The molecule has 1 aromatic carbocycles. The number of rotatable bonds is 3. The molecule has 1 aliphatic rings. The molecule has 2 aromatic heterocycles. The Morgan fingerprint density at radius 2 is 1.87 bits per heavy atom. The van der Waals surface area contributed by atoms with Crippen molar-refractivity contribution in [2.45, 2.75) is 6.92 Å². The van der Waals surface area contributed by atoms with Crippen molar-refractivity contribution in [1.29, 1.82) is 0 Å². The summed E-state index contributed by atoms with van der Waals surface area (Å²) in [6.07, 6.45) is 1.30. The standard InChI is InChI=1S/C21H21N5O5/c1-12-3-4-13(20(29)26-5-7-31-8-6-26)10-16(12)23-18(27)14-9-15-17(22-11-14)25(2)21(30)24-19(15)28/h3-4,9-11H,5-8H2,1-2H3,(H,23,27)(H,24,28,30). The molecule has 0 radical (unpaired) electrons. The van der Waals surface area contributed by atoms with E-state index in [0.29, 0.717) is 37.6 Å². The molecular weight excluding hydrogens is 402 g/mol. The Morgan fingerprint density at radius 1 is 1.13 bits per heavy atom. The van der Waals surface area contributed by atoms with Gasteiger partial charge in [-0.1, -0.05) is 6.07 Å². The van der Waals surface area contributed by atoms with E-state index in [2.05, 4.69) is 15.3 Å². The average Bonchev–Trinajstić information content (AvgIpc) is 2.78. The van der Waals surface area contributed by atoms with E-state index in [4.69, 9.17) is 4.74 Å². The summed E-state index contributed by atoms with van der Waals surface area (Å²) in [5.41, 5.74) is 0.861. The molecule has 10 heteroatoms. The van der Waals surface area contributed by atoms with Crippen LogP contribution in [0.5, 0.6) is 0 Å².